The van der Waals surface area contributed by atoms with Crippen LogP contribution in [0.1, 0.15) is 18.1 Å². The molecule has 0 saturated heterocycles. The zero-order chi connectivity index (χ0) is 19.3. The van der Waals surface area contributed by atoms with Gasteiger partial charge in [-0.05, 0) is 55.0 Å². The molecule has 0 heterocycles. The maximum atomic E-state index is 12.4. The van der Waals surface area contributed by atoms with Gasteiger partial charge in [-0.1, -0.05) is 11.6 Å². The van der Waals surface area contributed by atoms with E-state index in [-0.39, 0.29) is 23.9 Å². The third-order valence-corrected chi connectivity index (χ3v) is 5.64. The molecule has 8 heteroatoms. The van der Waals surface area contributed by atoms with Gasteiger partial charge < -0.3 is 4.90 Å². The van der Waals surface area contributed by atoms with Crippen molar-refractivity contribution in [1.29, 1.82) is 5.26 Å². The van der Waals surface area contributed by atoms with Gasteiger partial charge in [0.2, 0.25) is 15.9 Å². The summed E-state index contributed by atoms with van der Waals surface area (Å²) in [7, 11) is -3.70. The Morgan fingerprint density at radius 1 is 1.23 bits per heavy atom. The van der Waals surface area contributed by atoms with E-state index in [1.165, 1.54) is 30.0 Å². The Bertz CT molecular complexity index is 951. The standard InChI is InChI=1S/C18H18ClN3O3S/c1-13-11-17(7-8-18(13)19)26(24,25)21-9-10-22(14(2)23)16-5-3-15(12-20)4-6-16/h3-8,11,21H,9-10H2,1-2H3. The van der Waals surface area contributed by atoms with Gasteiger partial charge >= 0.3 is 0 Å². The summed E-state index contributed by atoms with van der Waals surface area (Å²) in [6.07, 6.45) is 0. The number of sulfonamides is 1. The van der Waals surface area contributed by atoms with Gasteiger partial charge in [-0.25, -0.2) is 13.1 Å². The van der Waals surface area contributed by atoms with E-state index in [1.807, 2.05) is 6.07 Å². The Kier molecular flexibility index (Phi) is 6.37. The van der Waals surface area contributed by atoms with Crippen LogP contribution in [0.25, 0.3) is 0 Å². The number of nitriles is 1. The van der Waals surface area contributed by atoms with E-state index in [2.05, 4.69) is 4.72 Å². The molecule has 0 saturated carbocycles. The van der Waals surface area contributed by atoms with Crippen LogP contribution in [-0.4, -0.2) is 27.4 Å². The monoisotopic (exact) mass is 391 g/mol. The molecule has 0 aliphatic heterocycles. The van der Waals surface area contributed by atoms with E-state index in [1.54, 1.807) is 31.2 Å². The highest BCUT2D eigenvalue weighted by molar-refractivity contribution is 7.89. The zero-order valence-electron chi connectivity index (χ0n) is 14.4. The zero-order valence-corrected chi connectivity index (χ0v) is 15.9. The lowest BCUT2D eigenvalue weighted by Gasteiger charge is -2.21. The minimum atomic E-state index is -3.70. The van der Waals surface area contributed by atoms with E-state index >= 15 is 0 Å². The van der Waals surface area contributed by atoms with Gasteiger partial charge in [0, 0.05) is 30.7 Å². The smallest absolute Gasteiger partial charge is 0.240 e. The van der Waals surface area contributed by atoms with Gasteiger partial charge in [0.05, 0.1) is 16.5 Å². The van der Waals surface area contributed by atoms with Crippen molar-refractivity contribution in [3.63, 3.8) is 0 Å². The second-order valence-corrected chi connectivity index (χ2v) is 7.81. The molecule has 2 aromatic rings. The molecule has 0 aromatic heterocycles. The van der Waals surface area contributed by atoms with Crippen LogP contribution in [-0.2, 0) is 14.8 Å². The molecule has 0 bridgehead atoms. The number of carbonyl (C=O) groups excluding carboxylic acids is 1. The highest BCUT2D eigenvalue weighted by Crippen LogP contribution is 2.19. The van der Waals surface area contributed by atoms with Gasteiger partial charge in [0.15, 0.2) is 0 Å². The summed E-state index contributed by atoms with van der Waals surface area (Å²) in [6.45, 7) is 3.33. The fourth-order valence-corrected chi connectivity index (χ4v) is 3.57. The molecule has 26 heavy (non-hydrogen) atoms. The fourth-order valence-electron chi connectivity index (χ4n) is 2.34. The second kappa shape index (κ2) is 8.32. The Labute approximate surface area is 158 Å². The number of benzene rings is 2. The SMILES string of the molecule is CC(=O)N(CCNS(=O)(=O)c1ccc(Cl)c(C)c1)c1ccc(C#N)cc1. The van der Waals surface area contributed by atoms with Crippen molar-refractivity contribution >= 4 is 33.2 Å². The summed E-state index contributed by atoms with van der Waals surface area (Å²) in [5.74, 6) is -0.226. The number of halogens is 1. The number of aryl methyl sites for hydroxylation is 1. The predicted molar refractivity (Wildman–Crippen MR) is 101 cm³/mol. The molecule has 0 fully saturated rings. The quantitative estimate of drug-likeness (QED) is 0.819. The van der Waals surface area contributed by atoms with Gasteiger partial charge in [-0.2, -0.15) is 5.26 Å². The van der Waals surface area contributed by atoms with Crippen LogP contribution in [0.5, 0.6) is 0 Å². The molecule has 2 rings (SSSR count). The molecule has 6 nitrogen and oxygen atoms in total. The van der Waals surface area contributed by atoms with Crippen molar-refractivity contribution in [2.45, 2.75) is 18.7 Å². The van der Waals surface area contributed by atoms with Crippen LogP contribution < -0.4 is 9.62 Å². The number of carbonyl (C=O) groups is 1. The number of hydrogen-bond donors (Lipinski definition) is 1. The fraction of sp³-hybridized carbons (Fsp3) is 0.222. The van der Waals surface area contributed by atoms with E-state index < -0.39 is 10.0 Å². The first-order chi connectivity index (χ1) is 12.2. The van der Waals surface area contributed by atoms with E-state index in [0.717, 1.165) is 0 Å². The van der Waals surface area contributed by atoms with Crippen LogP contribution in [0.3, 0.4) is 0 Å². The maximum absolute atomic E-state index is 12.4. The average molecular weight is 392 g/mol. The highest BCUT2D eigenvalue weighted by atomic mass is 35.5. The van der Waals surface area contributed by atoms with Crippen molar-refractivity contribution in [2.24, 2.45) is 0 Å². The molecule has 0 aliphatic carbocycles. The van der Waals surface area contributed by atoms with Crippen molar-refractivity contribution < 1.29 is 13.2 Å². The third-order valence-electron chi connectivity index (χ3n) is 3.76. The summed E-state index contributed by atoms with van der Waals surface area (Å²) >= 11 is 5.92. The number of hydrogen-bond acceptors (Lipinski definition) is 4. The van der Waals surface area contributed by atoms with Crippen LogP contribution >= 0.6 is 11.6 Å². The lowest BCUT2D eigenvalue weighted by Crippen LogP contribution is -2.37. The van der Waals surface area contributed by atoms with Gasteiger partial charge in [0.25, 0.3) is 0 Å². The second-order valence-electron chi connectivity index (χ2n) is 5.64. The molecule has 2 aromatic carbocycles. The van der Waals surface area contributed by atoms with E-state index in [9.17, 15) is 13.2 Å². The first kappa shape index (κ1) is 19.9. The van der Waals surface area contributed by atoms with E-state index in [0.29, 0.717) is 21.8 Å². The van der Waals surface area contributed by atoms with Crippen molar-refractivity contribution in [2.75, 3.05) is 18.0 Å². The van der Waals surface area contributed by atoms with Crippen molar-refractivity contribution in [1.82, 2.24) is 4.72 Å². The highest BCUT2D eigenvalue weighted by Gasteiger charge is 2.17. The van der Waals surface area contributed by atoms with Crippen LogP contribution in [0.15, 0.2) is 47.4 Å². The summed E-state index contributed by atoms with van der Waals surface area (Å²) < 4.78 is 27.2. The largest absolute Gasteiger partial charge is 0.311 e. The Morgan fingerprint density at radius 2 is 1.88 bits per heavy atom. The Balaban J connectivity index is 2.08. The lowest BCUT2D eigenvalue weighted by atomic mass is 10.2. The Morgan fingerprint density at radius 3 is 2.42 bits per heavy atom. The van der Waals surface area contributed by atoms with E-state index in [4.69, 9.17) is 16.9 Å². The predicted octanol–water partition coefficient (Wildman–Crippen LogP) is 2.85. The molecule has 0 radical (unpaired) electrons. The first-order valence-corrected chi connectivity index (χ1v) is 9.65. The van der Waals surface area contributed by atoms with Crippen molar-refractivity contribution in [3.8, 4) is 6.07 Å². The van der Waals surface area contributed by atoms with Gasteiger partial charge in [-0.3, -0.25) is 4.79 Å². The number of nitrogens with one attached hydrogen (secondary N) is 1. The molecule has 0 unspecified atom stereocenters. The summed E-state index contributed by atoms with van der Waals surface area (Å²) in [5, 5.41) is 9.33. The maximum Gasteiger partial charge on any atom is 0.240 e. The number of nitrogens with zero attached hydrogens (tertiary/aromatic N) is 2. The topological polar surface area (TPSA) is 90.3 Å². The summed E-state index contributed by atoms with van der Waals surface area (Å²) in [5.41, 5.74) is 1.74. The molecule has 0 aliphatic rings. The van der Waals surface area contributed by atoms with Crippen LogP contribution in [0, 0.1) is 18.3 Å². The minimum absolute atomic E-state index is 0.0452. The lowest BCUT2D eigenvalue weighted by molar-refractivity contribution is -0.116. The number of amides is 1. The molecule has 136 valence electrons. The Hall–Kier alpha value is -2.40. The molecular weight excluding hydrogens is 374 g/mol. The van der Waals surface area contributed by atoms with Gasteiger partial charge in [-0.15, -0.1) is 0 Å². The molecule has 0 atom stereocenters. The van der Waals surface area contributed by atoms with Crippen molar-refractivity contribution in [3.05, 3.63) is 58.6 Å². The summed E-state index contributed by atoms with van der Waals surface area (Å²) in [6, 6.07) is 13.0. The van der Waals surface area contributed by atoms with Gasteiger partial charge in [0.1, 0.15) is 0 Å². The average Bonchev–Trinajstić information content (AvgIpc) is 2.61. The number of anilines is 1. The molecule has 1 amide bonds. The molecular formula is C18H18ClN3O3S. The third kappa shape index (κ3) is 4.82. The minimum Gasteiger partial charge on any atom is -0.311 e. The molecule has 0 spiro atoms. The van der Waals surface area contributed by atoms with Crippen LogP contribution in [0.4, 0.5) is 5.69 Å². The number of rotatable bonds is 6. The normalized spacial score (nSPS) is 11.0. The molecule has 1 N–H and O–H groups in total. The first-order valence-electron chi connectivity index (χ1n) is 7.78. The summed E-state index contributed by atoms with van der Waals surface area (Å²) in [4.78, 5) is 13.4. The van der Waals surface area contributed by atoms with Crippen LogP contribution in [0.2, 0.25) is 5.02 Å².